The van der Waals surface area contributed by atoms with Crippen LogP contribution in [0.15, 0.2) is 0 Å². The molecule has 78 heavy (non-hydrogen) atoms. The average molecular weight is 1130 g/mol. The Hall–Kier alpha value is -2.05. The number of quaternary nitrogens is 1. The van der Waals surface area contributed by atoms with Crippen molar-refractivity contribution in [2.75, 3.05) is 54.1 Å². The summed E-state index contributed by atoms with van der Waals surface area (Å²) in [5.41, 5.74) is 0. The Labute approximate surface area is 480 Å². The van der Waals surface area contributed by atoms with Gasteiger partial charge in [-0.15, -0.1) is 0 Å². The largest absolute Gasteiger partial charge is 0.481 e. The molecule has 0 aromatic rings. The van der Waals surface area contributed by atoms with Crippen LogP contribution in [0.4, 0.5) is 0 Å². The molecule has 0 heterocycles. The fraction of sp³-hybridized carbons (Fsp3) is 0.938. The number of hydrogen-bond donors (Lipinski definition) is 1. The average Bonchev–Trinajstić information content (AvgIpc) is 3.37. The second-order valence-electron chi connectivity index (χ2n) is 24.2. The molecule has 0 radical (unpaired) electrons. The van der Waals surface area contributed by atoms with Gasteiger partial charge in [0.1, 0.15) is 25.4 Å². The molecular weight excluding hydrogens is 1010 g/mol. The number of carboxylic acids is 1. The van der Waals surface area contributed by atoms with Crippen LogP contribution in [-0.2, 0) is 51.5 Å². The van der Waals surface area contributed by atoms with Gasteiger partial charge in [-0.3, -0.25) is 32.7 Å². The van der Waals surface area contributed by atoms with Crippen molar-refractivity contribution in [2.24, 2.45) is 11.8 Å². The molecule has 0 spiro atoms. The summed E-state index contributed by atoms with van der Waals surface area (Å²) in [6.45, 7) is 16.7. The minimum Gasteiger partial charge on any atom is -0.481 e. The van der Waals surface area contributed by atoms with Gasteiger partial charge < -0.3 is 23.8 Å². The predicted molar refractivity (Wildman–Crippen MR) is 323 cm³/mol. The lowest BCUT2D eigenvalue weighted by atomic mass is 10.0. The maximum Gasteiger partial charge on any atom is 0.474 e. The Balaban J connectivity index is 0. The molecule has 0 saturated heterocycles. The molecule has 0 aliphatic heterocycles. The maximum absolute atomic E-state index is 12.8. The lowest BCUT2D eigenvalue weighted by Gasteiger charge is -2.24. The topological polar surface area (TPSA) is 161 Å². The first-order chi connectivity index (χ1) is 37.4. The molecule has 0 aromatic heterocycles. The Morgan fingerprint density at radius 1 is 0.397 bits per heavy atom. The first-order valence-corrected chi connectivity index (χ1v) is 33.9. The van der Waals surface area contributed by atoms with E-state index in [9.17, 15) is 23.7 Å². The summed E-state index contributed by atoms with van der Waals surface area (Å²) in [6.07, 6.45) is 42.5. The van der Waals surface area contributed by atoms with Crippen molar-refractivity contribution >= 4 is 31.7 Å². The monoisotopic (exact) mass is 1130 g/mol. The fourth-order valence-corrected chi connectivity index (χ4v) is 10.4. The number of esters is 3. The van der Waals surface area contributed by atoms with Gasteiger partial charge in [-0.25, -0.2) is 4.57 Å². The SMILES string of the molecule is CCCCCCCCC(CCC(=O)O)OC(=O)CCCCCCCCCCCC(C)C.CCCCCCCCC(CCC(=O)OCCCOP(=O)(OCC)OCC[N+](C)(C)C)OC(=O)CCCCCCCCCCCC(C)C. The van der Waals surface area contributed by atoms with Crippen LogP contribution >= 0.6 is 7.82 Å². The zero-order chi connectivity index (χ0) is 58.4. The lowest BCUT2D eigenvalue weighted by molar-refractivity contribution is -0.870. The summed E-state index contributed by atoms with van der Waals surface area (Å²) in [4.78, 5) is 48.2. The number of phosphoric ester groups is 1. The molecule has 1 N–H and O–H groups in total. The molecular formula is C64H127NO12P+. The number of carboxylic acid groups (broad SMARTS) is 1. The van der Waals surface area contributed by atoms with Crippen molar-refractivity contribution in [3.63, 3.8) is 0 Å². The normalized spacial score (nSPS) is 13.2. The first kappa shape index (κ1) is 78.0. The summed E-state index contributed by atoms with van der Waals surface area (Å²) in [5, 5.41) is 8.95. The van der Waals surface area contributed by atoms with Gasteiger partial charge in [0.2, 0.25) is 0 Å². The Morgan fingerprint density at radius 2 is 0.756 bits per heavy atom. The van der Waals surface area contributed by atoms with Crippen molar-refractivity contribution in [1.82, 2.24) is 0 Å². The number of carbonyl (C=O) groups excluding carboxylic acids is 3. The molecule has 0 aliphatic rings. The van der Waals surface area contributed by atoms with E-state index < -0.39 is 13.8 Å². The zero-order valence-electron chi connectivity index (χ0n) is 52.7. The number of rotatable bonds is 57. The molecule has 0 saturated carbocycles. The standard InChI is InChI=1S/C37H75NO8P.C27H52O4/c1-8-10-11-12-19-22-26-35(46-37(40)27-23-20-17-15-13-14-16-18-21-25-34(3)4)28-29-36(39)42-31-24-32-44-47(41,43-9-2)45-33-30-38(5,6)7;1-4-5-6-7-14-17-20-25(22-23-26(28)29)31-27(30)21-18-15-12-10-8-9-11-13-16-19-24(2)3/h34-35H,8-33H2,1-7H3;24-25H,4-23H2,1-3H3,(H,28,29)/q+1;. The minimum atomic E-state index is -3.65. The summed E-state index contributed by atoms with van der Waals surface area (Å²) in [5.74, 6) is 0.191. The van der Waals surface area contributed by atoms with Crippen LogP contribution in [0.2, 0.25) is 0 Å². The highest BCUT2D eigenvalue weighted by Gasteiger charge is 2.27. The van der Waals surface area contributed by atoms with Gasteiger partial charge in [0.25, 0.3) is 0 Å². The van der Waals surface area contributed by atoms with E-state index in [0.29, 0.717) is 43.1 Å². The molecule has 0 bridgehead atoms. The molecule has 3 unspecified atom stereocenters. The number of likely N-dealkylation sites (N-methyl/N-ethyl adjacent to an activating group) is 1. The van der Waals surface area contributed by atoms with Crippen LogP contribution in [0.3, 0.4) is 0 Å². The van der Waals surface area contributed by atoms with Gasteiger partial charge >= 0.3 is 31.7 Å². The van der Waals surface area contributed by atoms with Gasteiger partial charge in [-0.2, -0.15) is 0 Å². The molecule has 0 rings (SSSR count). The van der Waals surface area contributed by atoms with Crippen LogP contribution in [0.5, 0.6) is 0 Å². The van der Waals surface area contributed by atoms with Crippen molar-refractivity contribution in [1.29, 1.82) is 0 Å². The zero-order valence-corrected chi connectivity index (χ0v) is 53.6. The number of aliphatic carboxylic acids is 1. The second-order valence-corrected chi connectivity index (χ2v) is 25.8. The first-order valence-electron chi connectivity index (χ1n) is 32.5. The summed E-state index contributed by atoms with van der Waals surface area (Å²) >= 11 is 0. The van der Waals surface area contributed by atoms with E-state index in [1.165, 1.54) is 154 Å². The molecule has 3 atom stereocenters. The number of ether oxygens (including phenoxy) is 3. The third-order valence-electron chi connectivity index (χ3n) is 14.1. The summed E-state index contributed by atoms with van der Waals surface area (Å²) in [7, 11) is 2.41. The highest BCUT2D eigenvalue weighted by molar-refractivity contribution is 7.48. The van der Waals surface area contributed by atoms with Crippen molar-refractivity contribution in [3.05, 3.63) is 0 Å². The fourth-order valence-electron chi connectivity index (χ4n) is 9.19. The van der Waals surface area contributed by atoms with Gasteiger partial charge in [0.05, 0.1) is 41.0 Å². The summed E-state index contributed by atoms with van der Waals surface area (Å²) < 4.78 is 46.4. The van der Waals surface area contributed by atoms with Crippen LogP contribution < -0.4 is 0 Å². The second kappa shape index (κ2) is 55.5. The van der Waals surface area contributed by atoms with Crippen LogP contribution in [-0.4, -0.2) is 99.8 Å². The highest BCUT2D eigenvalue weighted by atomic mass is 31.2. The van der Waals surface area contributed by atoms with E-state index in [1.807, 2.05) is 21.1 Å². The predicted octanol–water partition coefficient (Wildman–Crippen LogP) is 18.7. The lowest BCUT2D eigenvalue weighted by Crippen LogP contribution is -2.37. The number of carbonyl (C=O) groups is 4. The smallest absolute Gasteiger partial charge is 0.474 e. The third-order valence-corrected chi connectivity index (χ3v) is 15.7. The molecule has 0 aliphatic carbocycles. The molecule has 14 heteroatoms. The number of phosphoric acid groups is 1. The van der Waals surface area contributed by atoms with Crippen molar-refractivity contribution in [2.45, 2.75) is 324 Å². The van der Waals surface area contributed by atoms with Gasteiger partial charge in [0, 0.05) is 32.1 Å². The Morgan fingerprint density at radius 3 is 1.13 bits per heavy atom. The minimum absolute atomic E-state index is 0.0747. The molecule has 13 nitrogen and oxygen atoms in total. The maximum atomic E-state index is 12.8. The number of nitrogens with zero attached hydrogens (tertiary/aromatic N) is 1. The summed E-state index contributed by atoms with van der Waals surface area (Å²) in [6, 6.07) is 0. The third kappa shape index (κ3) is 60.1. The number of unbranched alkanes of at least 4 members (excludes halogenated alkanes) is 26. The van der Waals surface area contributed by atoms with Gasteiger partial charge in [-0.05, 0) is 70.1 Å². The quantitative estimate of drug-likeness (QED) is 0.0202. The van der Waals surface area contributed by atoms with Crippen LogP contribution in [0, 0.1) is 11.8 Å². The van der Waals surface area contributed by atoms with Gasteiger partial charge in [-0.1, -0.05) is 221 Å². The van der Waals surface area contributed by atoms with Crippen molar-refractivity contribution < 1.29 is 61.1 Å². The Kier molecular flexibility index (Phi) is 55.5. The van der Waals surface area contributed by atoms with Crippen molar-refractivity contribution in [3.8, 4) is 0 Å². The van der Waals surface area contributed by atoms with E-state index in [0.717, 1.165) is 76.0 Å². The highest BCUT2D eigenvalue weighted by Crippen LogP contribution is 2.49. The van der Waals surface area contributed by atoms with Crippen LogP contribution in [0.1, 0.15) is 312 Å². The molecule has 0 fully saturated rings. The van der Waals surface area contributed by atoms with E-state index in [-0.39, 0.29) is 69.4 Å². The van der Waals surface area contributed by atoms with E-state index >= 15 is 0 Å². The Bertz CT molecular complexity index is 1420. The molecule has 0 aromatic carbocycles. The molecule has 0 amide bonds. The van der Waals surface area contributed by atoms with E-state index in [1.54, 1.807) is 6.92 Å². The van der Waals surface area contributed by atoms with E-state index in [2.05, 4.69) is 41.5 Å². The molecule has 464 valence electrons. The van der Waals surface area contributed by atoms with Gasteiger partial charge in [0.15, 0.2) is 0 Å². The van der Waals surface area contributed by atoms with Crippen LogP contribution in [0.25, 0.3) is 0 Å². The van der Waals surface area contributed by atoms with E-state index in [4.69, 9.17) is 32.9 Å². The number of hydrogen-bond acceptors (Lipinski definition) is 11.